The zero-order valence-electron chi connectivity index (χ0n) is 10.2. The van der Waals surface area contributed by atoms with Crippen LogP contribution in [0.15, 0.2) is 21.6 Å². The average Bonchev–Trinajstić information content (AvgIpc) is 2.35. The summed E-state index contributed by atoms with van der Waals surface area (Å²) in [5.74, 6) is 0.489. The monoisotopic (exact) mass is 444 g/mol. The van der Waals surface area contributed by atoms with Gasteiger partial charge in [0.05, 0.1) is 11.6 Å². The molecule has 18 heavy (non-hydrogen) atoms. The largest absolute Gasteiger partial charge is 0.385 e. The molecule has 0 aliphatic carbocycles. The van der Waals surface area contributed by atoms with Crippen molar-refractivity contribution in [3.05, 3.63) is 30.8 Å². The van der Waals surface area contributed by atoms with E-state index in [1.54, 1.807) is 0 Å². The van der Waals surface area contributed by atoms with Crippen molar-refractivity contribution in [2.24, 2.45) is 10.7 Å². The van der Waals surface area contributed by atoms with Gasteiger partial charge < -0.3 is 10.5 Å². The normalized spacial score (nSPS) is 13.7. The van der Waals surface area contributed by atoms with Gasteiger partial charge in [-0.05, 0) is 64.0 Å². The van der Waals surface area contributed by atoms with Crippen molar-refractivity contribution < 1.29 is 4.74 Å². The van der Waals surface area contributed by atoms with E-state index in [2.05, 4.69) is 43.5 Å². The molecule has 0 saturated heterocycles. The number of hydrogen-bond acceptors (Lipinski definition) is 2. The lowest BCUT2D eigenvalue weighted by Crippen LogP contribution is -2.29. The van der Waals surface area contributed by atoms with Crippen molar-refractivity contribution in [3.8, 4) is 0 Å². The van der Waals surface area contributed by atoms with Gasteiger partial charge in [-0.2, -0.15) is 0 Å². The highest BCUT2D eigenvalue weighted by Gasteiger charge is 2.09. The minimum atomic E-state index is -0.166. The number of halogens is 3. The number of nitrogens with two attached hydrogens (primary N) is 1. The first-order valence-electron chi connectivity index (χ1n) is 5.51. The standard InChI is InChI=1S/C12H15BrClIN2O/c1-3-18-7(2)12(16)17-6-8-4-5-9(15)10(13)11(8)14/h4-5,7H,3,6H2,1-2H3,(H2,16,17). The molecule has 1 aromatic carbocycles. The molecule has 6 heteroatoms. The molecule has 0 heterocycles. The van der Waals surface area contributed by atoms with Crippen LogP contribution in [0.1, 0.15) is 19.4 Å². The summed E-state index contributed by atoms with van der Waals surface area (Å²) in [6.07, 6.45) is -0.166. The van der Waals surface area contributed by atoms with Crippen LogP contribution in [0.25, 0.3) is 0 Å². The number of hydrogen-bond donors (Lipinski definition) is 1. The zero-order valence-corrected chi connectivity index (χ0v) is 14.7. The van der Waals surface area contributed by atoms with Crippen molar-refractivity contribution in [2.75, 3.05) is 6.61 Å². The molecule has 1 aromatic rings. The number of benzene rings is 1. The van der Waals surface area contributed by atoms with Crippen molar-refractivity contribution in [1.82, 2.24) is 0 Å². The molecule has 0 amide bonds. The minimum Gasteiger partial charge on any atom is -0.385 e. The van der Waals surface area contributed by atoms with Gasteiger partial charge in [-0.1, -0.05) is 17.7 Å². The molecular formula is C12H15BrClIN2O. The molecule has 3 nitrogen and oxygen atoms in total. The number of rotatable bonds is 5. The van der Waals surface area contributed by atoms with Gasteiger partial charge in [0, 0.05) is 14.6 Å². The highest BCUT2D eigenvalue weighted by atomic mass is 127. The van der Waals surface area contributed by atoms with Crippen LogP contribution in [-0.2, 0) is 11.3 Å². The van der Waals surface area contributed by atoms with Crippen molar-refractivity contribution >= 4 is 56.0 Å². The van der Waals surface area contributed by atoms with E-state index in [0.717, 1.165) is 13.6 Å². The van der Waals surface area contributed by atoms with E-state index in [1.807, 2.05) is 26.0 Å². The summed E-state index contributed by atoms with van der Waals surface area (Å²) >= 11 is 11.9. The number of amidine groups is 1. The maximum atomic E-state index is 6.23. The zero-order chi connectivity index (χ0) is 13.7. The van der Waals surface area contributed by atoms with Gasteiger partial charge in [0.15, 0.2) is 0 Å². The van der Waals surface area contributed by atoms with Gasteiger partial charge in [-0.25, -0.2) is 0 Å². The molecule has 100 valence electrons. The third-order valence-corrected chi connectivity index (χ3v) is 5.50. The Morgan fingerprint density at radius 1 is 1.61 bits per heavy atom. The van der Waals surface area contributed by atoms with Gasteiger partial charge in [0.1, 0.15) is 11.9 Å². The molecule has 0 radical (unpaired) electrons. The third-order valence-electron chi connectivity index (χ3n) is 2.38. The number of ether oxygens (including phenoxy) is 1. The Morgan fingerprint density at radius 2 is 2.28 bits per heavy atom. The van der Waals surface area contributed by atoms with Crippen LogP contribution in [0.2, 0.25) is 5.02 Å². The summed E-state index contributed by atoms with van der Waals surface area (Å²) in [7, 11) is 0. The second-order valence-electron chi connectivity index (χ2n) is 3.67. The van der Waals surface area contributed by atoms with Crippen LogP contribution in [0, 0.1) is 3.57 Å². The molecule has 0 aliphatic heterocycles. The summed E-state index contributed by atoms with van der Waals surface area (Å²) in [5.41, 5.74) is 6.78. The third kappa shape index (κ3) is 4.36. The number of aliphatic imine (C=N–C) groups is 1. The van der Waals surface area contributed by atoms with Crippen LogP contribution in [-0.4, -0.2) is 18.5 Å². The first-order chi connectivity index (χ1) is 8.47. The lowest BCUT2D eigenvalue weighted by Gasteiger charge is -2.11. The Balaban J connectivity index is 2.80. The van der Waals surface area contributed by atoms with Gasteiger partial charge in [-0.15, -0.1) is 0 Å². The minimum absolute atomic E-state index is 0.166. The van der Waals surface area contributed by atoms with Crippen molar-refractivity contribution in [1.29, 1.82) is 0 Å². The first kappa shape index (κ1) is 16.2. The Morgan fingerprint density at radius 3 is 2.89 bits per heavy atom. The van der Waals surface area contributed by atoms with E-state index in [-0.39, 0.29) is 6.10 Å². The Kier molecular flexibility index (Phi) is 6.90. The summed E-state index contributed by atoms with van der Waals surface area (Å²) in [6.45, 7) is 4.88. The second-order valence-corrected chi connectivity index (χ2v) is 6.01. The van der Waals surface area contributed by atoms with Crippen molar-refractivity contribution in [2.45, 2.75) is 26.5 Å². The lowest BCUT2D eigenvalue weighted by atomic mass is 10.2. The molecule has 0 bridgehead atoms. The van der Waals surface area contributed by atoms with E-state index in [9.17, 15) is 0 Å². The maximum absolute atomic E-state index is 6.23. The molecule has 2 N–H and O–H groups in total. The van der Waals surface area contributed by atoms with E-state index in [4.69, 9.17) is 22.1 Å². The smallest absolute Gasteiger partial charge is 0.123 e. The fourth-order valence-corrected chi connectivity index (χ4v) is 2.55. The van der Waals surface area contributed by atoms with Gasteiger partial charge in [0.2, 0.25) is 0 Å². The van der Waals surface area contributed by atoms with Crippen molar-refractivity contribution in [3.63, 3.8) is 0 Å². The predicted molar refractivity (Wildman–Crippen MR) is 88.3 cm³/mol. The van der Waals surface area contributed by atoms with Gasteiger partial charge >= 0.3 is 0 Å². The molecule has 1 unspecified atom stereocenters. The SMILES string of the molecule is CCOC(C)C(N)=NCc1ccc(I)c(Br)c1Cl. The Hall–Kier alpha value is 0.150. The highest BCUT2D eigenvalue weighted by molar-refractivity contribution is 14.1. The molecule has 0 saturated carbocycles. The quantitative estimate of drug-likeness (QED) is 0.323. The average molecular weight is 446 g/mol. The van der Waals surface area contributed by atoms with Crippen LogP contribution in [0.4, 0.5) is 0 Å². The van der Waals surface area contributed by atoms with E-state index < -0.39 is 0 Å². The highest BCUT2D eigenvalue weighted by Crippen LogP contribution is 2.31. The molecule has 0 fully saturated rings. The van der Waals surface area contributed by atoms with Crippen LogP contribution in [0.3, 0.4) is 0 Å². The molecule has 1 rings (SSSR count). The molecule has 0 aromatic heterocycles. The summed E-state index contributed by atoms with van der Waals surface area (Å²) in [6, 6.07) is 3.94. The maximum Gasteiger partial charge on any atom is 0.123 e. The van der Waals surface area contributed by atoms with Crippen LogP contribution < -0.4 is 5.73 Å². The van der Waals surface area contributed by atoms with Gasteiger partial charge in [-0.3, -0.25) is 4.99 Å². The molecular weight excluding hydrogens is 430 g/mol. The summed E-state index contributed by atoms with van der Waals surface area (Å²) < 4.78 is 7.33. The van der Waals surface area contributed by atoms with Crippen LogP contribution >= 0.6 is 50.1 Å². The predicted octanol–water partition coefficient (Wildman–Crippen LogP) is 3.99. The lowest BCUT2D eigenvalue weighted by molar-refractivity contribution is 0.121. The second kappa shape index (κ2) is 7.67. The van der Waals surface area contributed by atoms with E-state index in [0.29, 0.717) is 24.0 Å². The fraction of sp³-hybridized carbons (Fsp3) is 0.417. The Labute approximate surface area is 134 Å². The van der Waals surface area contributed by atoms with Crippen LogP contribution in [0.5, 0.6) is 0 Å². The molecule has 0 aliphatic rings. The summed E-state index contributed by atoms with van der Waals surface area (Å²) in [5, 5.41) is 0.683. The fourth-order valence-electron chi connectivity index (χ4n) is 1.33. The first-order valence-corrected chi connectivity index (χ1v) is 7.76. The molecule has 0 spiro atoms. The molecule has 1 atom stereocenters. The van der Waals surface area contributed by atoms with E-state index >= 15 is 0 Å². The van der Waals surface area contributed by atoms with Gasteiger partial charge in [0.25, 0.3) is 0 Å². The summed E-state index contributed by atoms with van der Waals surface area (Å²) in [4.78, 5) is 4.31. The number of nitrogens with zero attached hydrogens (tertiary/aromatic N) is 1. The topological polar surface area (TPSA) is 47.6 Å². The Bertz CT molecular complexity index is 454. The van der Waals surface area contributed by atoms with E-state index in [1.165, 1.54) is 0 Å².